The number of rotatable bonds is 19. The summed E-state index contributed by atoms with van der Waals surface area (Å²) in [6.07, 6.45) is 13.7. The van der Waals surface area contributed by atoms with Crippen LogP contribution in [-0.4, -0.2) is 31.5 Å². The van der Waals surface area contributed by atoms with Gasteiger partial charge in [0.1, 0.15) is 0 Å². The molecular formula is C18H39O5P. The third-order valence-corrected chi connectivity index (χ3v) is 5.33. The molecule has 0 spiro atoms. The quantitative estimate of drug-likeness (QED) is 0.229. The monoisotopic (exact) mass is 366 g/mol. The number of aliphatic hydroxyl groups is 1. The van der Waals surface area contributed by atoms with E-state index in [1.165, 1.54) is 51.4 Å². The number of aliphatic hydroxyl groups excluding tert-OH is 1. The zero-order chi connectivity index (χ0) is 17.9. The minimum Gasteiger partial charge on any atom is -0.394 e. The summed E-state index contributed by atoms with van der Waals surface area (Å²) in [6, 6.07) is 0. The molecule has 0 heterocycles. The number of hydrogen-bond acceptors (Lipinski definition) is 5. The second-order valence-corrected chi connectivity index (χ2v) is 7.88. The molecule has 6 heteroatoms. The first-order valence-corrected chi connectivity index (χ1v) is 11.3. The summed E-state index contributed by atoms with van der Waals surface area (Å²) in [5.41, 5.74) is 0. The van der Waals surface area contributed by atoms with Crippen LogP contribution in [0.4, 0.5) is 0 Å². The van der Waals surface area contributed by atoms with Crippen molar-refractivity contribution in [2.45, 2.75) is 90.9 Å². The van der Waals surface area contributed by atoms with E-state index in [1.54, 1.807) is 0 Å². The van der Waals surface area contributed by atoms with Gasteiger partial charge in [-0.05, 0) is 12.8 Å². The highest BCUT2D eigenvalue weighted by atomic mass is 31.2. The van der Waals surface area contributed by atoms with E-state index in [-0.39, 0.29) is 13.2 Å². The number of phosphoric acid groups is 1. The number of unbranched alkanes of at least 4 members (excludes halogenated alkanes) is 10. The van der Waals surface area contributed by atoms with Gasteiger partial charge in [0.05, 0.1) is 26.4 Å². The van der Waals surface area contributed by atoms with Crippen LogP contribution in [0.5, 0.6) is 0 Å². The lowest BCUT2D eigenvalue weighted by Gasteiger charge is -2.17. The Kier molecular flexibility index (Phi) is 17.9. The molecule has 0 saturated heterocycles. The van der Waals surface area contributed by atoms with Crippen molar-refractivity contribution in [3.63, 3.8) is 0 Å². The molecule has 0 aromatic heterocycles. The van der Waals surface area contributed by atoms with Gasteiger partial charge >= 0.3 is 7.82 Å². The SMILES string of the molecule is CCCCCCCCOP(=O)(OCCO)OCCCCCCCC. The largest absolute Gasteiger partial charge is 0.474 e. The first kappa shape index (κ1) is 24.1. The third kappa shape index (κ3) is 15.6. The minimum absolute atomic E-state index is 0.0235. The molecule has 0 fully saturated rings. The Bertz CT molecular complexity index is 277. The smallest absolute Gasteiger partial charge is 0.394 e. The molecule has 0 aromatic carbocycles. The van der Waals surface area contributed by atoms with Gasteiger partial charge in [0.25, 0.3) is 0 Å². The van der Waals surface area contributed by atoms with Crippen molar-refractivity contribution in [3.05, 3.63) is 0 Å². The first-order chi connectivity index (χ1) is 11.7. The summed E-state index contributed by atoms with van der Waals surface area (Å²) >= 11 is 0. The van der Waals surface area contributed by atoms with E-state index in [4.69, 9.17) is 18.7 Å². The second kappa shape index (κ2) is 17.9. The Balaban J connectivity index is 3.84. The van der Waals surface area contributed by atoms with Crippen molar-refractivity contribution in [1.82, 2.24) is 0 Å². The molecule has 1 N–H and O–H groups in total. The second-order valence-electron chi connectivity index (χ2n) is 6.21. The average molecular weight is 366 g/mol. The predicted octanol–water partition coefficient (Wildman–Crippen LogP) is 5.86. The molecule has 24 heavy (non-hydrogen) atoms. The molecule has 0 amide bonds. The highest BCUT2D eigenvalue weighted by molar-refractivity contribution is 7.48. The number of hydrogen-bond donors (Lipinski definition) is 1. The molecule has 0 radical (unpaired) electrons. The van der Waals surface area contributed by atoms with E-state index in [0.717, 1.165) is 25.7 Å². The van der Waals surface area contributed by atoms with Gasteiger partial charge in [-0.2, -0.15) is 0 Å². The fraction of sp³-hybridized carbons (Fsp3) is 1.00. The molecule has 0 aromatic rings. The van der Waals surface area contributed by atoms with Crippen molar-refractivity contribution >= 4 is 7.82 Å². The zero-order valence-corrected chi connectivity index (χ0v) is 16.7. The van der Waals surface area contributed by atoms with Crippen molar-refractivity contribution in [1.29, 1.82) is 0 Å². The van der Waals surface area contributed by atoms with Gasteiger partial charge in [-0.25, -0.2) is 4.57 Å². The molecule has 5 nitrogen and oxygen atoms in total. The van der Waals surface area contributed by atoms with Gasteiger partial charge in [0, 0.05) is 0 Å². The topological polar surface area (TPSA) is 65.0 Å². The van der Waals surface area contributed by atoms with Gasteiger partial charge in [-0.15, -0.1) is 0 Å². The summed E-state index contributed by atoms with van der Waals surface area (Å²) < 4.78 is 28.4. The highest BCUT2D eigenvalue weighted by Crippen LogP contribution is 2.49. The van der Waals surface area contributed by atoms with Gasteiger partial charge in [-0.1, -0.05) is 78.1 Å². The van der Waals surface area contributed by atoms with Gasteiger partial charge in [0.15, 0.2) is 0 Å². The van der Waals surface area contributed by atoms with Gasteiger partial charge in [0.2, 0.25) is 0 Å². The fourth-order valence-corrected chi connectivity index (χ4v) is 3.62. The lowest BCUT2D eigenvalue weighted by atomic mass is 10.1. The van der Waals surface area contributed by atoms with Gasteiger partial charge < -0.3 is 5.11 Å². The van der Waals surface area contributed by atoms with Crippen LogP contribution in [0.1, 0.15) is 90.9 Å². The molecule has 0 saturated carbocycles. The van der Waals surface area contributed by atoms with E-state index in [2.05, 4.69) is 13.8 Å². The van der Waals surface area contributed by atoms with Crippen molar-refractivity contribution < 1.29 is 23.2 Å². The van der Waals surface area contributed by atoms with Crippen LogP contribution >= 0.6 is 7.82 Å². The van der Waals surface area contributed by atoms with E-state index < -0.39 is 7.82 Å². The molecule has 0 aliphatic rings. The summed E-state index contributed by atoms with van der Waals surface area (Å²) in [4.78, 5) is 0. The molecule has 146 valence electrons. The van der Waals surface area contributed by atoms with Crippen LogP contribution in [0, 0.1) is 0 Å². The molecular weight excluding hydrogens is 327 g/mol. The lowest BCUT2D eigenvalue weighted by Crippen LogP contribution is -2.06. The Labute approximate surface area is 149 Å². The Hall–Kier alpha value is 0.0700. The standard InChI is InChI=1S/C18H39O5P/c1-3-5-7-9-11-13-16-21-24(20,23-18-15-19)22-17-14-12-10-8-6-4-2/h19H,3-18H2,1-2H3. The summed E-state index contributed by atoms with van der Waals surface area (Å²) in [5, 5.41) is 8.86. The highest BCUT2D eigenvalue weighted by Gasteiger charge is 2.25. The van der Waals surface area contributed by atoms with E-state index in [1.807, 2.05) is 0 Å². The van der Waals surface area contributed by atoms with E-state index in [0.29, 0.717) is 13.2 Å². The Morgan fingerprint density at radius 2 is 1.00 bits per heavy atom. The van der Waals surface area contributed by atoms with Crippen LogP contribution in [-0.2, 0) is 18.1 Å². The Morgan fingerprint density at radius 1 is 0.625 bits per heavy atom. The minimum atomic E-state index is -3.52. The Morgan fingerprint density at radius 3 is 1.42 bits per heavy atom. The predicted molar refractivity (Wildman–Crippen MR) is 99.3 cm³/mol. The average Bonchev–Trinajstić information content (AvgIpc) is 2.58. The number of phosphoric ester groups is 1. The normalized spacial score (nSPS) is 12.0. The van der Waals surface area contributed by atoms with Crippen LogP contribution in [0.2, 0.25) is 0 Å². The van der Waals surface area contributed by atoms with Crippen LogP contribution < -0.4 is 0 Å². The molecule has 0 atom stereocenters. The summed E-state index contributed by atoms with van der Waals surface area (Å²) in [7, 11) is -3.52. The van der Waals surface area contributed by atoms with E-state index >= 15 is 0 Å². The maximum Gasteiger partial charge on any atom is 0.474 e. The van der Waals surface area contributed by atoms with Crippen LogP contribution in [0.3, 0.4) is 0 Å². The molecule has 0 aliphatic heterocycles. The molecule has 0 unspecified atom stereocenters. The lowest BCUT2D eigenvalue weighted by molar-refractivity contribution is 0.0936. The summed E-state index contributed by atoms with van der Waals surface area (Å²) in [6.45, 7) is 4.93. The van der Waals surface area contributed by atoms with Crippen molar-refractivity contribution in [3.8, 4) is 0 Å². The molecule has 0 aliphatic carbocycles. The maximum atomic E-state index is 12.5. The maximum absolute atomic E-state index is 12.5. The molecule has 0 bridgehead atoms. The van der Waals surface area contributed by atoms with Crippen molar-refractivity contribution in [2.75, 3.05) is 26.4 Å². The summed E-state index contributed by atoms with van der Waals surface area (Å²) in [5.74, 6) is 0. The van der Waals surface area contributed by atoms with Crippen LogP contribution in [0.25, 0.3) is 0 Å². The van der Waals surface area contributed by atoms with Gasteiger partial charge in [-0.3, -0.25) is 13.6 Å². The fourth-order valence-electron chi connectivity index (χ4n) is 2.38. The first-order valence-electron chi connectivity index (χ1n) is 9.83. The van der Waals surface area contributed by atoms with Crippen molar-refractivity contribution in [2.24, 2.45) is 0 Å². The van der Waals surface area contributed by atoms with E-state index in [9.17, 15) is 4.57 Å². The molecule has 0 rings (SSSR count). The zero-order valence-electron chi connectivity index (χ0n) is 15.8. The van der Waals surface area contributed by atoms with Crippen LogP contribution in [0.15, 0.2) is 0 Å². The third-order valence-electron chi connectivity index (χ3n) is 3.84.